The van der Waals surface area contributed by atoms with Gasteiger partial charge in [-0.25, -0.2) is 0 Å². The molecule has 0 spiro atoms. The largest absolute Gasteiger partial charge is 0.481 e. The molecule has 31 heavy (non-hydrogen) atoms. The SMILES string of the molecule is CCNC(=O)C(CC)Oc1ccc2c(c1)C(c1ccc(C)cc1)N(C(=O)C(C)C)CC2. The Labute approximate surface area is 185 Å². The number of hydrogen-bond donors (Lipinski definition) is 1. The normalized spacial score (nSPS) is 16.6. The molecule has 0 saturated heterocycles. The number of ether oxygens (including phenoxy) is 1. The van der Waals surface area contributed by atoms with Crippen molar-refractivity contribution in [2.24, 2.45) is 5.92 Å². The fraction of sp³-hybridized carbons (Fsp3) is 0.462. The maximum Gasteiger partial charge on any atom is 0.261 e. The maximum atomic E-state index is 13.1. The Morgan fingerprint density at radius 3 is 2.45 bits per heavy atom. The summed E-state index contributed by atoms with van der Waals surface area (Å²) in [5.74, 6) is 0.634. The number of rotatable bonds is 7. The Morgan fingerprint density at radius 2 is 1.84 bits per heavy atom. The molecule has 0 saturated carbocycles. The first kappa shape index (κ1) is 22.9. The highest BCUT2D eigenvalue weighted by Gasteiger charge is 2.33. The molecule has 5 heteroatoms. The number of carbonyl (C=O) groups excluding carboxylic acids is 2. The van der Waals surface area contributed by atoms with Gasteiger partial charge in [-0.2, -0.15) is 0 Å². The van der Waals surface area contributed by atoms with Crippen LogP contribution in [0.1, 0.15) is 62.4 Å². The standard InChI is InChI=1S/C26H34N2O3/c1-6-23(25(29)27-7-2)31-21-13-12-19-14-15-28(26(30)17(3)4)24(22(19)16-21)20-10-8-18(5)9-11-20/h8-13,16-17,23-24H,6-7,14-15H2,1-5H3,(H,27,29). The van der Waals surface area contributed by atoms with Gasteiger partial charge in [-0.05, 0) is 55.5 Å². The summed E-state index contributed by atoms with van der Waals surface area (Å²) in [7, 11) is 0. The van der Waals surface area contributed by atoms with Crippen LogP contribution in [-0.4, -0.2) is 35.9 Å². The molecule has 0 radical (unpaired) electrons. The summed E-state index contributed by atoms with van der Waals surface area (Å²) in [6.45, 7) is 11.1. The van der Waals surface area contributed by atoms with Crippen LogP contribution in [0.2, 0.25) is 0 Å². The number of nitrogens with zero attached hydrogens (tertiary/aromatic N) is 1. The predicted molar refractivity (Wildman–Crippen MR) is 123 cm³/mol. The van der Waals surface area contributed by atoms with Crippen LogP contribution in [0, 0.1) is 12.8 Å². The average Bonchev–Trinajstić information content (AvgIpc) is 2.76. The smallest absolute Gasteiger partial charge is 0.261 e. The van der Waals surface area contributed by atoms with E-state index in [-0.39, 0.29) is 23.8 Å². The van der Waals surface area contributed by atoms with Crippen molar-refractivity contribution < 1.29 is 14.3 Å². The molecule has 2 aromatic carbocycles. The van der Waals surface area contributed by atoms with Gasteiger partial charge in [0.15, 0.2) is 6.10 Å². The second kappa shape index (κ2) is 9.99. The summed E-state index contributed by atoms with van der Waals surface area (Å²) in [6, 6.07) is 14.3. The van der Waals surface area contributed by atoms with Crippen molar-refractivity contribution in [1.82, 2.24) is 10.2 Å². The first-order valence-electron chi connectivity index (χ1n) is 11.3. The summed E-state index contributed by atoms with van der Waals surface area (Å²) < 4.78 is 6.08. The highest BCUT2D eigenvalue weighted by molar-refractivity contribution is 5.81. The van der Waals surface area contributed by atoms with Crippen molar-refractivity contribution in [2.75, 3.05) is 13.1 Å². The van der Waals surface area contributed by atoms with Crippen LogP contribution in [0.15, 0.2) is 42.5 Å². The molecule has 3 rings (SSSR count). The molecule has 2 amide bonds. The van der Waals surface area contributed by atoms with E-state index < -0.39 is 6.10 Å². The highest BCUT2D eigenvalue weighted by atomic mass is 16.5. The van der Waals surface area contributed by atoms with Crippen LogP contribution in [0.25, 0.3) is 0 Å². The van der Waals surface area contributed by atoms with E-state index in [1.807, 2.05) is 44.7 Å². The van der Waals surface area contributed by atoms with E-state index in [9.17, 15) is 9.59 Å². The lowest BCUT2D eigenvalue weighted by molar-refractivity contribution is -0.136. The van der Waals surface area contributed by atoms with Gasteiger partial charge in [-0.3, -0.25) is 9.59 Å². The molecule has 1 N–H and O–H groups in total. The molecule has 1 aliphatic heterocycles. The van der Waals surface area contributed by atoms with Gasteiger partial charge >= 0.3 is 0 Å². The number of fused-ring (bicyclic) bond motifs is 1. The van der Waals surface area contributed by atoms with Crippen LogP contribution in [0.4, 0.5) is 0 Å². The number of hydrogen-bond acceptors (Lipinski definition) is 3. The summed E-state index contributed by atoms with van der Waals surface area (Å²) in [4.78, 5) is 27.4. The van der Waals surface area contributed by atoms with Crippen molar-refractivity contribution in [3.8, 4) is 5.75 Å². The summed E-state index contributed by atoms with van der Waals surface area (Å²) in [5, 5.41) is 2.84. The Balaban J connectivity index is 2.01. The Kier molecular flexibility index (Phi) is 7.37. The molecule has 0 aromatic heterocycles. The predicted octanol–water partition coefficient (Wildman–Crippen LogP) is 4.42. The van der Waals surface area contributed by atoms with Crippen LogP contribution in [0.3, 0.4) is 0 Å². The third-order valence-corrected chi connectivity index (χ3v) is 5.81. The van der Waals surface area contributed by atoms with E-state index in [2.05, 4.69) is 42.6 Å². The van der Waals surface area contributed by atoms with Crippen molar-refractivity contribution in [1.29, 1.82) is 0 Å². The summed E-state index contributed by atoms with van der Waals surface area (Å²) in [5.41, 5.74) is 4.57. The number of aryl methyl sites for hydroxylation is 1. The van der Waals surface area contributed by atoms with E-state index >= 15 is 0 Å². The molecular weight excluding hydrogens is 388 g/mol. The van der Waals surface area contributed by atoms with Gasteiger partial charge in [0.2, 0.25) is 5.91 Å². The fourth-order valence-corrected chi connectivity index (χ4v) is 4.12. The zero-order valence-electron chi connectivity index (χ0n) is 19.3. The lowest BCUT2D eigenvalue weighted by Gasteiger charge is -2.39. The number of benzene rings is 2. The molecule has 2 atom stereocenters. The monoisotopic (exact) mass is 422 g/mol. The average molecular weight is 423 g/mol. The molecule has 1 heterocycles. The quantitative estimate of drug-likeness (QED) is 0.719. The van der Waals surface area contributed by atoms with Gasteiger partial charge in [0.1, 0.15) is 5.75 Å². The summed E-state index contributed by atoms with van der Waals surface area (Å²) >= 11 is 0. The van der Waals surface area contributed by atoms with E-state index in [0.29, 0.717) is 25.3 Å². The maximum absolute atomic E-state index is 13.1. The third-order valence-electron chi connectivity index (χ3n) is 5.81. The second-order valence-corrected chi connectivity index (χ2v) is 8.52. The first-order chi connectivity index (χ1) is 14.8. The molecule has 0 fully saturated rings. The van der Waals surface area contributed by atoms with Crippen LogP contribution >= 0.6 is 0 Å². The Hall–Kier alpha value is -2.82. The van der Waals surface area contributed by atoms with Gasteiger partial charge in [0.05, 0.1) is 6.04 Å². The molecule has 2 aromatic rings. The van der Waals surface area contributed by atoms with Crippen molar-refractivity contribution >= 4 is 11.8 Å². The van der Waals surface area contributed by atoms with E-state index in [1.54, 1.807) is 0 Å². The first-order valence-corrected chi connectivity index (χ1v) is 11.3. The molecule has 166 valence electrons. The van der Waals surface area contributed by atoms with Crippen molar-refractivity contribution in [3.63, 3.8) is 0 Å². The third kappa shape index (κ3) is 5.09. The zero-order valence-corrected chi connectivity index (χ0v) is 19.3. The van der Waals surface area contributed by atoms with E-state index in [0.717, 1.165) is 17.5 Å². The number of amides is 2. The second-order valence-electron chi connectivity index (χ2n) is 8.52. The minimum Gasteiger partial charge on any atom is -0.481 e. The molecule has 1 aliphatic rings. The number of likely N-dealkylation sites (N-methyl/N-ethyl adjacent to an activating group) is 1. The zero-order chi connectivity index (χ0) is 22.5. The Morgan fingerprint density at radius 1 is 1.13 bits per heavy atom. The van der Waals surface area contributed by atoms with E-state index in [1.165, 1.54) is 11.1 Å². The van der Waals surface area contributed by atoms with Gasteiger partial charge < -0.3 is 15.0 Å². The minimum atomic E-state index is -0.534. The number of carbonyl (C=O) groups is 2. The van der Waals surface area contributed by atoms with Crippen LogP contribution < -0.4 is 10.1 Å². The van der Waals surface area contributed by atoms with Crippen molar-refractivity contribution in [2.45, 2.75) is 59.6 Å². The van der Waals surface area contributed by atoms with Crippen molar-refractivity contribution in [3.05, 3.63) is 64.7 Å². The van der Waals surface area contributed by atoms with Gasteiger partial charge in [0.25, 0.3) is 5.91 Å². The fourth-order valence-electron chi connectivity index (χ4n) is 4.12. The lowest BCUT2D eigenvalue weighted by Crippen LogP contribution is -2.42. The topological polar surface area (TPSA) is 58.6 Å². The van der Waals surface area contributed by atoms with E-state index in [4.69, 9.17) is 4.74 Å². The van der Waals surface area contributed by atoms with Crippen LogP contribution in [-0.2, 0) is 16.0 Å². The van der Waals surface area contributed by atoms with Gasteiger partial charge in [-0.15, -0.1) is 0 Å². The molecule has 0 bridgehead atoms. The van der Waals surface area contributed by atoms with Crippen LogP contribution in [0.5, 0.6) is 5.75 Å². The lowest BCUT2D eigenvalue weighted by atomic mass is 9.87. The summed E-state index contributed by atoms with van der Waals surface area (Å²) in [6.07, 6.45) is 0.861. The highest BCUT2D eigenvalue weighted by Crippen LogP contribution is 2.38. The molecular formula is C26H34N2O3. The molecule has 2 unspecified atom stereocenters. The van der Waals surface area contributed by atoms with Gasteiger partial charge in [-0.1, -0.05) is 56.7 Å². The molecule has 0 aliphatic carbocycles. The molecule has 5 nitrogen and oxygen atoms in total. The minimum absolute atomic E-state index is 0.0730. The Bertz CT molecular complexity index is 921. The van der Waals surface area contributed by atoms with Gasteiger partial charge in [0, 0.05) is 19.0 Å². The number of nitrogens with one attached hydrogen (secondary N) is 1.